The monoisotopic (exact) mass is 221 g/mol. The Kier molecular flexibility index (Phi) is 1.81. The summed E-state index contributed by atoms with van der Waals surface area (Å²) in [5.41, 5.74) is 0.470. The van der Waals surface area contributed by atoms with Crippen LogP contribution >= 0.6 is 0 Å². The summed E-state index contributed by atoms with van der Waals surface area (Å²) in [6.07, 6.45) is 3.48. The van der Waals surface area contributed by atoms with Gasteiger partial charge in [0.1, 0.15) is 5.82 Å². The highest BCUT2D eigenvalue weighted by molar-refractivity contribution is 5.86. The number of aromatic nitrogens is 2. The number of nitrogens with one attached hydrogen (secondary N) is 1. The number of nitrogens with zero attached hydrogens (tertiary/aromatic N) is 2. The highest BCUT2D eigenvalue weighted by atomic mass is 16.4. The summed E-state index contributed by atoms with van der Waals surface area (Å²) < 4.78 is 1.87. The van der Waals surface area contributed by atoms with Gasteiger partial charge in [0, 0.05) is 12.6 Å². The van der Waals surface area contributed by atoms with E-state index in [-0.39, 0.29) is 5.69 Å². The fourth-order valence-corrected chi connectivity index (χ4v) is 2.50. The standard InChI is InChI=1S/C11H15N3O2/c1-11(3-4-11)8-2-5-12-9-6-7(10(15)16)13-14(8)9/h6,8,12H,2-5H2,1H3,(H,15,16). The molecule has 1 atom stereocenters. The number of hydrogen-bond donors (Lipinski definition) is 2. The number of rotatable bonds is 2. The Labute approximate surface area is 93.5 Å². The van der Waals surface area contributed by atoms with Gasteiger partial charge in [-0.25, -0.2) is 9.48 Å². The Morgan fingerprint density at radius 1 is 1.69 bits per heavy atom. The smallest absolute Gasteiger partial charge is 0.356 e. The number of fused-ring (bicyclic) bond motifs is 1. The fraction of sp³-hybridized carbons (Fsp3) is 0.636. The molecule has 1 aromatic rings. The molecule has 1 fully saturated rings. The van der Waals surface area contributed by atoms with Crippen molar-refractivity contribution < 1.29 is 9.90 Å². The third kappa shape index (κ3) is 1.31. The average molecular weight is 221 g/mol. The lowest BCUT2D eigenvalue weighted by molar-refractivity contribution is 0.0688. The second kappa shape index (κ2) is 2.99. The lowest BCUT2D eigenvalue weighted by atomic mass is 9.95. The van der Waals surface area contributed by atoms with Crippen molar-refractivity contribution in [3.8, 4) is 0 Å². The first-order valence-electron chi connectivity index (χ1n) is 5.67. The molecule has 86 valence electrons. The maximum absolute atomic E-state index is 10.9. The van der Waals surface area contributed by atoms with E-state index < -0.39 is 5.97 Å². The summed E-state index contributed by atoms with van der Waals surface area (Å²) in [4.78, 5) is 10.9. The zero-order valence-electron chi connectivity index (χ0n) is 9.23. The van der Waals surface area contributed by atoms with E-state index in [1.54, 1.807) is 6.07 Å². The molecule has 2 heterocycles. The molecule has 2 aliphatic rings. The van der Waals surface area contributed by atoms with Gasteiger partial charge in [0.05, 0.1) is 6.04 Å². The van der Waals surface area contributed by atoms with Crippen LogP contribution in [0.1, 0.15) is 42.7 Å². The van der Waals surface area contributed by atoms with Crippen LogP contribution in [0.15, 0.2) is 6.07 Å². The van der Waals surface area contributed by atoms with Crippen molar-refractivity contribution >= 4 is 11.8 Å². The molecule has 5 heteroatoms. The van der Waals surface area contributed by atoms with Crippen molar-refractivity contribution in [1.29, 1.82) is 0 Å². The van der Waals surface area contributed by atoms with E-state index in [0.29, 0.717) is 11.5 Å². The number of aromatic carboxylic acids is 1. The molecular weight excluding hydrogens is 206 g/mol. The van der Waals surface area contributed by atoms with Gasteiger partial charge < -0.3 is 10.4 Å². The zero-order chi connectivity index (χ0) is 11.3. The first kappa shape index (κ1) is 9.69. The van der Waals surface area contributed by atoms with Crippen LogP contribution in [0.3, 0.4) is 0 Å². The van der Waals surface area contributed by atoms with Crippen molar-refractivity contribution in [2.45, 2.75) is 32.2 Å². The van der Waals surface area contributed by atoms with E-state index in [1.807, 2.05) is 4.68 Å². The van der Waals surface area contributed by atoms with Gasteiger partial charge >= 0.3 is 5.97 Å². The van der Waals surface area contributed by atoms with E-state index in [2.05, 4.69) is 17.3 Å². The van der Waals surface area contributed by atoms with E-state index in [1.165, 1.54) is 12.8 Å². The van der Waals surface area contributed by atoms with Gasteiger partial charge in [-0.3, -0.25) is 0 Å². The van der Waals surface area contributed by atoms with Crippen LogP contribution in [0, 0.1) is 5.41 Å². The number of carboxylic acids is 1. The minimum Gasteiger partial charge on any atom is -0.476 e. The Bertz CT molecular complexity index is 448. The Morgan fingerprint density at radius 3 is 3.06 bits per heavy atom. The van der Waals surface area contributed by atoms with Gasteiger partial charge in [-0.15, -0.1) is 0 Å². The van der Waals surface area contributed by atoms with Gasteiger partial charge in [0.15, 0.2) is 5.69 Å². The van der Waals surface area contributed by atoms with Gasteiger partial charge in [0.25, 0.3) is 0 Å². The van der Waals surface area contributed by atoms with Gasteiger partial charge in [-0.1, -0.05) is 6.92 Å². The molecule has 3 rings (SSSR count). The van der Waals surface area contributed by atoms with E-state index in [9.17, 15) is 4.79 Å². The maximum atomic E-state index is 10.9. The fourth-order valence-electron chi connectivity index (χ4n) is 2.50. The molecule has 2 N–H and O–H groups in total. The topological polar surface area (TPSA) is 67.2 Å². The predicted molar refractivity (Wildman–Crippen MR) is 58.7 cm³/mol. The maximum Gasteiger partial charge on any atom is 0.356 e. The molecule has 1 aromatic heterocycles. The third-order valence-corrected chi connectivity index (χ3v) is 3.82. The van der Waals surface area contributed by atoms with E-state index in [4.69, 9.17) is 5.11 Å². The van der Waals surface area contributed by atoms with Gasteiger partial charge in [0.2, 0.25) is 0 Å². The van der Waals surface area contributed by atoms with Crippen LogP contribution in [-0.2, 0) is 0 Å². The SMILES string of the molecule is CC1(C2CCNc3cc(C(=O)O)nn32)CC1. The van der Waals surface area contributed by atoms with Crippen LogP contribution in [0.25, 0.3) is 0 Å². The number of hydrogen-bond acceptors (Lipinski definition) is 3. The zero-order valence-corrected chi connectivity index (χ0v) is 9.23. The van der Waals surface area contributed by atoms with Crippen LogP contribution < -0.4 is 5.32 Å². The van der Waals surface area contributed by atoms with E-state index in [0.717, 1.165) is 18.8 Å². The normalized spacial score (nSPS) is 25.7. The summed E-state index contributed by atoms with van der Waals surface area (Å²) in [5.74, 6) is -0.106. The largest absolute Gasteiger partial charge is 0.476 e. The van der Waals surface area contributed by atoms with Crippen molar-refractivity contribution in [2.75, 3.05) is 11.9 Å². The summed E-state index contributed by atoms with van der Waals surface area (Å²) >= 11 is 0. The predicted octanol–water partition coefficient (Wildman–Crippen LogP) is 1.74. The lowest BCUT2D eigenvalue weighted by Gasteiger charge is -2.30. The van der Waals surface area contributed by atoms with Crippen molar-refractivity contribution in [3.05, 3.63) is 11.8 Å². The molecule has 1 unspecified atom stereocenters. The van der Waals surface area contributed by atoms with Crippen LogP contribution in [-0.4, -0.2) is 27.4 Å². The quantitative estimate of drug-likeness (QED) is 0.798. The van der Waals surface area contributed by atoms with Crippen molar-refractivity contribution in [1.82, 2.24) is 9.78 Å². The summed E-state index contributed by atoms with van der Waals surface area (Å²) in [6, 6.07) is 1.98. The molecule has 0 spiro atoms. The van der Waals surface area contributed by atoms with E-state index >= 15 is 0 Å². The molecule has 1 aliphatic carbocycles. The van der Waals surface area contributed by atoms with Crippen molar-refractivity contribution in [2.24, 2.45) is 5.41 Å². The molecule has 0 amide bonds. The first-order chi connectivity index (χ1) is 7.60. The number of carboxylic acid groups (broad SMARTS) is 1. The molecule has 5 nitrogen and oxygen atoms in total. The van der Waals surface area contributed by atoms with Gasteiger partial charge in [-0.05, 0) is 24.7 Å². The molecule has 0 aromatic carbocycles. The minimum absolute atomic E-state index is 0.138. The third-order valence-electron chi connectivity index (χ3n) is 3.82. The first-order valence-corrected chi connectivity index (χ1v) is 5.67. The molecular formula is C11H15N3O2. The summed E-state index contributed by atoms with van der Waals surface area (Å²) in [5, 5.41) is 16.3. The van der Waals surface area contributed by atoms with Crippen LogP contribution in [0.4, 0.5) is 5.82 Å². The Hall–Kier alpha value is -1.52. The summed E-state index contributed by atoms with van der Waals surface area (Å²) in [6.45, 7) is 3.17. The van der Waals surface area contributed by atoms with Gasteiger partial charge in [-0.2, -0.15) is 5.10 Å². The van der Waals surface area contributed by atoms with Crippen LogP contribution in [0.2, 0.25) is 0 Å². The molecule has 16 heavy (non-hydrogen) atoms. The highest BCUT2D eigenvalue weighted by Gasteiger charge is 2.47. The second-order valence-corrected chi connectivity index (χ2v) is 5.05. The molecule has 0 radical (unpaired) electrons. The molecule has 1 saturated carbocycles. The number of carbonyl (C=O) groups is 1. The van der Waals surface area contributed by atoms with Crippen LogP contribution in [0.5, 0.6) is 0 Å². The highest BCUT2D eigenvalue weighted by Crippen LogP contribution is 2.56. The minimum atomic E-state index is -0.955. The second-order valence-electron chi connectivity index (χ2n) is 5.05. The molecule has 0 bridgehead atoms. The Balaban J connectivity index is 2.01. The summed E-state index contributed by atoms with van der Waals surface area (Å²) in [7, 11) is 0. The Morgan fingerprint density at radius 2 is 2.44 bits per heavy atom. The molecule has 1 aliphatic heterocycles. The lowest BCUT2D eigenvalue weighted by Crippen LogP contribution is -2.28. The molecule has 0 saturated heterocycles. The average Bonchev–Trinajstić information content (AvgIpc) is 2.84. The number of anilines is 1. The van der Waals surface area contributed by atoms with Crippen molar-refractivity contribution in [3.63, 3.8) is 0 Å².